The summed E-state index contributed by atoms with van der Waals surface area (Å²) >= 11 is 0. The van der Waals surface area contributed by atoms with Gasteiger partial charge in [-0.3, -0.25) is 9.59 Å². The van der Waals surface area contributed by atoms with Crippen LogP contribution in [-0.2, 0) is 14.3 Å². The van der Waals surface area contributed by atoms with Crippen LogP contribution in [0.25, 0.3) is 0 Å². The first-order chi connectivity index (χ1) is 14.4. The van der Waals surface area contributed by atoms with Crippen LogP contribution in [0.15, 0.2) is 48.5 Å². The second-order valence-electron chi connectivity index (χ2n) is 7.76. The molecule has 160 valence electrons. The van der Waals surface area contributed by atoms with E-state index in [0.29, 0.717) is 49.7 Å². The van der Waals surface area contributed by atoms with Crippen LogP contribution in [0, 0.1) is 11.7 Å². The zero-order chi connectivity index (χ0) is 21.5. The highest BCUT2D eigenvalue weighted by atomic mass is 19.1. The summed E-state index contributed by atoms with van der Waals surface area (Å²) in [6, 6.07) is 12.8. The van der Waals surface area contributed by atoms with Crippen LogP contribution in [0.1, 0.15) is 31.9 Å². The highest BCUT2D eigenvalue weighted by Crippen LogP contribution is 2.25. The van der Waals surface area contributed by atoms with Crippen LogP contribution in [0.4, 0.5) is 15.8 Å². The molecular formula is C23H28FN3O3. The van der Waals surface area contributed by atoms with Crippen molar-refractivity contribution in [2.75, 3.05) is 36.5 Å². The van der Waals surface area contributed by atoms with Gasteiger partial charge in [0.1, 0.15) is 11.9 Å². The summed E-state index contributed by atoms with van der Waals surface area (Å²) in [7, 11) is 0. The first kappa shape index (κ1) is 21.8. The van der Waals surface area contributed by atoms with Gasteiger partial charge < -0.3 is 20.3 Å². The molecule has 7 heteroatoms. The van der Waals surface area contributed by atoms with Crippen molar-refractivity contribution in [3.63, 3.8) is 0 Å². The van der Waals surface area contributed by atoms with Crippen molar-refractivity contribution in [2.24, 2.45) is 5.92 Å². The summed E-state index contributed by atoms with van der Waals surface area (Å²) in [4.78, 5) is 27.2. The molecule has 2 aromatic rings. The Hall–Kier alpha value is -2.93. The SMILES string of the molecule is CC(C)CC(=O)NC(C(=O)Nc1ccc(N2CCOCC2)c(F)c1)c1ccccc1. The molecule has 1 fully saturated rings. The van der Waals surface area contributed by atoms with Crippen LogP contribution in [0.3, 0.4) is 0 Å². The molecule has 1 unspecified atom stereocenters. The van der Waals surface area contributed by atoms with Gasteiger partial charge in [-0.25, -0.2) is 4.39 Å². The first-order valence-corrected chi connectivity index (χ1v) is 10.2. The van der Waals surface area contributed by atoms with Crippen molar-refractivity contribution >= 4 is 23.2 Å². The predicted octanol–water partition coefficient (Wildman–Crippen LogP) is 3.50. The molecule has 2 aromatic carbocycles. The number of benzene rings is 2. The zero-order valence-corrected chi connectivity index (χ0v) is 17.4. The van der Waals surface area contributed by atoms with Crippen LogP contribution in [0.2, 0.25) is 0 Å². The lowest BCUT2D eigenvalue weighted by Crippen LogP contribution is -2.37. The minimum Gasteiger partial charge on any atom is -0.378 e. The molecule has 1 heterocycles. The van der Waals surface area contributed by atoms with Gasteiger partial charge in [0.25, 0.3) is 5.91 Å². The number of anilines is 2. The summed E-state index contributed by atoms with van der Waals surface area (Å²) in [5, 5.41) is 5.53. The molecule has 2 amide bonds. The number of nitrogens with one attached hydrogen (secondary N) is 2. The van der Waals surface area contributed by atoms with Crippen molar-refractivity contribution in [1.29, 1.82) is 0 Å². The number of hydrogen-bond donors (Lipinski definition) is 2. The molecule has 0 aromatic heterocycles. The third-order valence-electron chi connectivity index (χ3n) is 4.86. The minimum absolute atomic E-state index is 0.173. The third-order valence-corrected chi connectivity index (χ3v) is 4.86. The van der Waals surface area contributed by atoms with Gasteiger partial charge >= 0.3 is 0 Å². The lowest BCUT2D eigenvalue weighted by Gasteiger charge is -2.29. The van der Waals surface area contributed by atoms with Crippen molar-refractivity contribution in [1.82, 2.24) is 5.32 Å². The zero-order valence-electron chi connectivity index (χ0n) is 17.4. The van der Waals surface area contributed by atoms with E-state index in [1.807, 2.05) is 24.8 Å². The van der Waals surface area contributed by atoms with E-state index < -0.39 is 17.8 Å². The topological polar surface area (TPSA) is 70.7 Å². The number of ether oxygens (including phenoxy) is 1. The van der Waals surface area contributed by atoms with E-state index in [4.69, 9.17) is 4.74 Å². The maximum atomic E-state index is 14.7. The molecule has 0 bridgehead atoms. The van der Waals surface area contributed by atoms with Gasteiger partial charge in [0.05, 0.1) is 18.9 Å². The van der Waals surface area contributed by atoms with Gasteiger partial charge in [-0.2, -0.15) is 0 Å². The number of rotatable bonds is 7. The number of nitrogens with zero attached hydrogens (tertiary/aromatic N) is 1. The van der Waals surface area contributed by atoms with Crippen molar-refractivity contribution in [3.8, 4) is 0 Å². The lowest BCUT2D eigenvalue weighted by atomic mass is 10.0. The molecule has 6 nitrogen and oxygen atoms in total. The summed E-state index contributed by atoms with van der Waals surface area (Å²) in [5.74, 6) is -0.860. The largest absolute Gasteiger partial charge is 0.378 e. The van der Waals surface area contributed by atoms with Crippen LogP contribution in [0.5, 0.6) is 0 Å². The van der Waals surface area contributed by atoms with E-state index in [2.05, 4.69) is 10.6 Å². The quantitative estimate of drug-likeness (QED) is 0.729. The number of carbonyl (C=O) groups excluding carboxylic acids is 2. The average molecular weight is 413 g/mol. The number of halogens is 1. The van der Waals surface area contributed by atoms with Crippen LogP contribution < -0.4 is 15.5 Å². The molecule has 1 saturated heterocycles. The molecule has 0 aliphatic carbocycles. The van der Waals surface area contributed by atoms with Crippen LogP contribution in [-0.4, -0.2) is 38.1 Å². The Labute approximate surface area is 176 Å². The summed E-state index contributed by atoms with van der Waals surface area (Å²) in [5.41, 5.74) is 1.49. The number of hydrogen-bond acceptors (Lipinski definition) is 4. The normalized spacial score (nSPS) is 15.0. The maximum absolute atomic E-state index is 14.7. The second kappa shape index (κ2) is 10.2. The van der Waals surface area contributed by atoms with E-state index >= 15 is 0 Å². The number of morpholine rings is 1. The molecular weight excluding hydrogens is 385 g/mol. The molecule has 1 aliphatic heterocycles. The molecule has 3 rings (SSSR count). The first-order valence-electron chi connectivity index (χ1n) is 10.2. The Morgan fingerprint density at radius 2 is 1.80 bits per heavy atom. The van der Waals surface area contributed by atoms with E-state index in [1.165, 1.54) is 6.07 Å². The lowest BCUT2D eigenvalue weighted by molar-refractivity contribution is -0.127. The summed E-state index contributed by atoms with van der Waals surface area (Å²) in [6.45, 7) is 6.26. The van der Waals surface area contributed by atoms with Gasteiger partial charge in [-0.05, 0) is 29.7 Å². The maximum Gasteiger partial charge on any atom is 0.251 e. The van der Waals surface area contributed by atoms with Gasteiger partial charge in [0.15, 0.2) is 0 Å². The number of amides is 2. The average Bonchev–Trinajstić information content (AvgIpc) is 2.73. The smallest absolute Gasteiger partial charge is 0.251 e. The number of carbonyl (C=O) groups is 2. The molecule has 1 atom stereocenters. The van der Waals surface area contributed by atoms with Crippen LogP contribution >= 0.6 is 0 Å². The summed E-state index contributed by atoms with van der Waals surface area (Å²) in [6.07, 6.45) is 0.319. The Balaban J connectivity index is 1.74. The van der Waals surface area contributed by atoms with Crippen molar-refractivity contribution < 1.29 is 18.7 Å². The fourth-order valence-electron chi connectivity index (χ4n) is 3.40. The Morgan fingerprint density at radius 1 is 1.10 bits per heavy atom. The van der Waals surface area contributed by atoms with E-state index in [1.54, 1.807) is 36.4 Å². The van der Waals surface area contributed by atoms with Gasteiger partial charge in [-0.1, -0.05) is 44.2 Å². The summed E-state index contributed by atoms with van der Waals surface area (Å²) < 4.78 is 20.0. The molecule has 30 heavy (non-hydrogen) atoms. The molecule has 0 radical (unpaired) electrons. The fourth-order valence-corrected chi connectivity index (χ4v) is 3.40. The van der Waals surface area contributed by atoms with E-state index in [-0.39, 0.29) is 11.8 Å². The minimum atomic E-state index is -0.862. The van der Waals surface area contributed by atoms with Gasteiger partial charge in [-0.15, -0.1) is 0 Å². The predicted molar refractivity (Wildman–Crippen MR) is 115 cm³/mol. The highest BCUT2D eigenvalue weighted by molar-refractivity contribution is 5.98. The Morgan fingerprint density at radius 3 is 2.43 bits per heavy atom. The van der Waals surface area contributed by atoms with Crippen molar-refractivity contribution in [2.45, 2.75) is 26.3 Å². The molecule has 0 saturated carbocycles. The Bertz CT molecular complexity index is 867. The van der Waals surface area contributed by atoms with E-state index in [9.17, 15) is 14.0 Å². The standard InChI is InChI=1S/C23H28FN3O3/c1-16(2)14-21(28)26-22(17-6-4-3-5-7-17)23(29)25-18-8-9-20(19(24)15-18)27-10-12-30-13-11-27/h3-9,15-16,22H,10-14H2,1-2H3,(H,25,29)(H,26,28). The fraction of sp³-hybridized carbons (Fsp3) is 0.391. The van der Waals surface area contributed by atoms with E-state index in [0.717, 1.165) is 0 Å². The third kappa shape index (κ3) is 5.79. The second-order valence-corrected chi connectivity index (χ2v) is 7.76. The highest BCUT2D eigenvalue weighted by Gasteiger charge is 2.24. The molecule has 1 aliphatic rings. The Kier molecular flexibility index (Phi) is 7.41. The van der Waals surface area contributed by atoms with Gasteiger partial charge in [0.2, 0.25) is 5.91 Å². The van der Waals surface area contributed by atoms with Gasteiger partial charge in [0, 0.05) is 25.2 Å². The molecule has 2 N–H and O–H groups in total. The monoisotopic (exact) mass is 413 g/mol. The molecule has 0 spiro atoms. The van der Waals surface area contributed by atoms with Crippen molar-refractivity contribution in [3.05, 3.63) is 59.9 Å².